The van der Waals surface area contributed by atoms with E-state index < -0.39 is 6.09 Å². The van der Waals surface area contributed by atoms with Crippen molar-refractivity contribution in [2.24, 2.45) is 13.0 Å². The number of ether oxygens (including phenoxy) is 1. The van der Waals surface area contributed by atoms with E-state index in [1.165, 1.54) is 0 Å². The van der Waals surface area contributed by atoms with Crippen molar-refractivity contribution in [3.05, 3.63) is 47.3 Å². The van der Waals surface area contributed by atoms with Crippen LogP contribution in [0, 0.1) is 19.8 Å². The first-order valence-electron chi connectivity index (χ1n) is 9.40. The first-order valence-corrected chi connectivity index (χ1v) is 9.40. The average molecular weight is 395 g/mol. The third-order valence-corrected chi connectivity index (χ3v) is 4.26. The van der Waals surface area contributed by atoms with Gasteiger partial charge in [0, 0.05) is 24.1 Å². The lowest BCUT2D eigenvalue weighted by Gasteiger charge is -2.11. The van der Waals surface area contributed by atoms with Gasteiger partial charge in [0.1, 0.15) is 0 Å². The highest BCUT2D eigenvalue weighted by Crippen LogP contribution is 2.23. The highest BCUT2D eigenvalue weighted by molar-refractivity contribution is 6.12. The van der Waals surface area contributed by atoms with Gasteiger partial charge >= 0.3 is 6.09 Å². The van der Waals surface area contributed by atoms with Crippen LogP contribution in [0.25, 0.3) is 11.0 Å². The normalized spacial score (nSPS) is 11.0. The third kappa shape index (κ3) is 4.71. The van der Waals surface area contributed by atoms with Gasteiger partial charge in [0.15, 0.2) is 5.65 Å². The van der Waals surface area contributed by atoms with Gasteiger partial charge in [-0.05, 0) is 44.0 Å². The average Bonchev–Trinajstić information content (AvgIpc) is 2.93. The number of nitrogens with one attached hydrogen (secondary N) is 2. The highest BCUT2D eigenvalue weighted by atomic mass is 16.5. The van der Waals surface area contributed by atoms with Crippen LogP contribution in [0.2, 0.25) is 0 Å². The van der Waals surface area contributed by atoms with Gasteiger partial charge in [-0.25, -0.2) is 9.78 Å². The Kier molecular flexibility index (Phi) is 5.81. The second-order valence-electron chi connectivity index (χ2n) is 7.37. The molecule has 0 aliphatic carbocycles. The minimum absolute atomic E-state index is 0.253. The third-order valence-electron chi connectivity index (χ3n) is 4.26. The number of aryl methyl sites for hydroxylation is 3. The number of hydrogen-bond acceptors (Lipinski definition) is 5. The predicted molar refractivity (Wildman–Crippen MR) is 112 cm³/mol. The Hall–Kier alpha value is -3.42. The quantitative estimate of drug-likeness (QED) is 0.679. The topological polar surface area (TPSA) is 98.1 Å². The SMILES string of the molecule is Cc1cc(C(=O)Nc2cccc(NC(=O)OCC(C)C)c2)c2c(C)nn(C)c2n1. The number of fused-ring (bicyclic) bond motifs is 1. The number of carbonyl (C=O) groups is 2. The lowest BCUT2D eigenvalue weighted by molar-refractivity contribution is 0.102. The molecule has 3 rings (SSSR count). The van der Waals surface area contributed by atoms with Crippen LogP contribution < -0.4 is 10.6 Å². The summed E-state index contributed by atoms with van der Waals surface area (Å²) in [5.41, 5.74) is 3.73. The fourth-order valence-electron chi connectivity index (χ4n) is 3.02. The molecule has 0 saturated carbocycles. The number of nitrogens with zero attached hydrogens (tertiary/aromatic N) is 3. The van der Waals surface area contributed by atoms with Crippen molar-refractivity contribution >= 4 is 34.4 Å². The van der Waals surface area contributed by atoms with Crippen LogP contribution in [-0.4, -0.2) is 33.4 Å². The Morgan fingerprint density at radius 3 is 2.52 bits per heavy atom. The van der Waals surface area contributed by atoms with Gasteiger partial charge in [-0.1, -0.05) is 19.9 Å². The summed E-state index contributed by atoms with van der Waals surface area (Å²) in [5, 5.41) is 10.6. The Morgan fingerprint density at radius 2 is 1.83 bits per heavy atom. The maximum Gasteiger partial charge on any atom is 0.411 e. The summed E-state index contributed by atoms with van der Waals surface area (Å²) >= 11 is 0. The Morgan fingerprint density at radius 1 is 1.14 bits per heavy atom. The van der Waals surface area contributed by atoms with E-state index in [9.17, 15) is 9.59 Å². The van der Waals surface area contributed by atoms with Crippen molar-refractivity contribution in [2.75, 3.05) is 17.2 Å². The summed E-state index contributed by atoms with van der Waals surface area (Å²) < 4.78 is 6.79. The van der Waals surface area contributed by atoms with Gasteiger partial charge < -0.3 is 10.1 Å². The van der Waals surface area contributed by atoms with Crippen LogP contribution >= 0.6 is 0 Å². The van der Waals surface area contributed by atoms with Crippen LogP contribution in [0.3, 0.4) is 0 Å². The molecule has 2 heterocycles. The van der Waals surface area contributed by atoms with Crippen LogP contribution in [0.1, 0.15) is 35.6 Å². The number of anilines is 2. The fourth-order valence-corrected chi connectivity index (χ4v) is 3.02. The molecule has 0 radical (unpaired) electrons. The molecule has 8 heteroatoms. The highest BCUT2D eigenvalue weighted by Gasteiger charge is 2.18. The molecular weight excluding hydrogens is 370 g/mol. The molecule has 0 bridgehead atoms. The van der Waals surface area contributed by atoms with Crippen LogP contribution in [0.4, 0.5) is 16.2 Å². The summed E-state index contributed by atoms with van der Waals surface area (Å²) in [6, 6.07) is 8.65. The second kappa shape index (κ2) is 8.30. The number of benzene rings is 1. The molecule has 29 heavy (non-hydrogen) atoms. The number of pyridine rings is 1. The molecule has 0 aliphatic rings. The van der Waals surface area contributed by atoms with Crippen LogP contribution in [0.15, 0.2) is 30.3 Å². The van der Waals surface area contributed by atoms with Crippen molar-refractivity contribution < 1.29 is 14.3 Å². The number of hydrogen-bond donors (Lipinski definition) is 2. The minimum Gasteiger partial charge on any atom is -0.449 e. The lowest BCUT2D eigenvalue weighted by Crippen LogP contribution is -2.17. The molecule has 2 N–H and O–H groups in total. The Labute approximate surface area is 169 Å². The molecular formula is C21H25N5O3. The van der Waals surface area contributed by atoms with Gasteiger partial charge in [-0.15, -0.1) is 0 Å². The summed E-state index contributed by atoms with van der Waals surface area (Å²) in [6.07, 6.45) is -0.528. The zero-order valence-corrected chi connectivity index (χ0v) is 17.2. The molecule has 0 fully saturated rings. The zero-order valence-electron chi connectivity index (χ0n) is 17.2. The monoisotopic (exact) mass is 395 g/mol. The number of carbonyl (C=O) groups excluding carboxylic acids is 2. The standard InChI is InChI=1S/C21H25N5O3/c1-12(2)11-29-21(28)24-16-8-6-7-15(10-16)23-20(27)17-9-13(3)22-19-18(17)14(4)25-26(19)5/h6-10,12H,11H2,1-5H3,(H,23,27)(H,24,28). The largest absolute Gasteiger partial charge is 0.449 e. The molecule has 152 valence electrons. The molecule has 2 aromatic heterocycles. The molecule has 0 aliphatic heterocycles. The van der Waals surface area contributed by atoms with Gasteiger partial charge in [-0.2, -0.15) is 5.10 Å². The molecule has 0 saturated heterocycles. The van der Waals surface area contributed by atoms with Gasteiger partial charge in [0.2, 0.25) is 0 Å². The number of aromatic nitrogens is 3. The second-order valence-corrected chi connectivity index (χ2v) is 7.37. The van der Waals surface area contributed by atoms with Crippen LogP contribution in [0.5, 0.6) is 0 Å². The van der Waals surface area contributed by atoms with Crippen molar-refractivity contribution in [1.82, 2.24) is 14.8 Å². The van der Waals surface area contributed by atoms with Crippen LogP contribution in [-0.2, 0) is 11.8 Å². The number of amides is 2. The van der Waals surface area contributed by atoms with Crippen molar-refractivity contribution in [3.63, 3.8) is 0 Å². The zero-order chi connectivity index (χ0) is 21.1. The van der Waals surface area contributed by atoms with E-state index in [0.717, 1.165) is 16.8 Å². The first-order chi connectivity index (χ1) is 13.7. The first kappa shape index (κ1) is 20.3. The van der Waals surface area contributed by atoms with Gasteiger partial charge in [0.25, 0.3) is 5.91 Å². The van der Waals surface area contributed by atoms with E-state index in [1.54, 1.807) is 42.1 Å². The maximum absolute atomic E-state index is 13.0. The smallest absolute Gasteiger partial charge is 0.411 e. The molecule has 0 unspecified atom stereocenters. The molecule has 0 spiro atoms. The lowest BCUT2D eigenvalue weighted by atomic mass is 10.1. The van der Waals surface area contributed by atoms with Crippen molar-refractivity contribution in [2.45, 2.75) is 27.7 Å². The van der Waals surface area contributed by atoms with Crippen molar-refractivity contribution in [1.29, 1.82) is 0 Å². The van der Waals surface area contributed by atoms with Gasteiger partial charge in [0.05, 0.1) is 23.3 Å². The molecule has 2 amide bonds. The fraction of sp³-hybridized carbons (Fsp3) is 0.333. The van der Waals surface area contributed by atoms with E-state index in [1.807, 2.05) is 27.7 Å². The summed E-state index contributed by atoms with van der Waals surface area (Å²) in [5.74, 6) is -0.0147. The summed E-state index contributed by atoms with van der Waals surface area (Å²) in [7, 11) is 1.80. The maximum atomic E-state index is 13.0. The van der Waals surface area contributed by atoms with E-state index >= 15 is 0 Å². The molecule has 8 nitrogen and oxygen atoms in total. The van der Waals surface area contributed by atoms with E-state index in [0.29, 0.717) is 29.2 Å². The Balaban J connectivity index is 1.80. The Bertz CT molecular complexity index is 1070. The number of rotatable bonds is 5. The van der Waals surface area contributed by atoms with Gasteiger partial charge in [-0.3, -0.25) is 14.8 Å². The summed E-state index contributed by atoms with van der Waals surface area (Å²) in [4.78, 5) is 29.3. The molecule has 3 aromatic rings. The predicted octanol–water partition coefficient (Wildman–Crippen LogP) is 4.04. The van der Waals surface area contributed by atoms with Crippen molar-refractivity contribution in [3.8, 4) is 0 Å². The molecule has 0 atom stereocenters. The summed E-state index contributed by atoms with van der Waals surface area (Å²) in [6.45, 7) is 7.95. The molecule has 1 aromatic carbocycles. The minimum atomic E-state index is -0.528. The van der Waals surface area contributed by atoms with E-state index in [-0.39, 0.29) is 11.8 Å². The van der Waals surface area contributed by atoms with E-state index in [4.69, 9.17) is 4.74 Å². The van der Waals surface area contributed by atoms with E-state index in [2.05, 4.69) is 20.7 Å².